The first kappa shape index (κ1) is 20.9. The van der Waals surface area contributed by atoms with Gasteiger partial charge in [0.1, 0.15) is 0 Å². The van der Waals surface area contributed by atoms with Gasteiger partial charge in [-0.25, -0.2) is 4.98 Å². The van der Waals surface area contributed by atoms with Crippen LogP contribution in [0.25, 0.3) is 11.3 Å². The van der Waals surface area contributed by atoms with Gasteiger partial charge in [-0.3, -0.25) is 9.59 Å². The predicted molar refractivity (Wildman–Crippen MR) is 118 cm³/mol. The average molecular weight is 418 g/mol. The molecule has 1 aromatic heterocycles. The van der Waals surface area contributed by atoms with Crippen LogP contribution in [0.3, 0.4) is 0 Å². The fourth-order valence-corrected chi connectivity index (χ4v) is 5.09. The van der Waals surface area contributed by atoms with Crippen molar-refractivity contribution in [3.05, 3.63) is 35.2 Å². The number of likely N-dealkylation sites (tertiary alicyclic amines) is 1. The number of thiazole rings is 1. The number of thioether (sulfide) groups is 1. The van der Waals surface area contributed by atoms with Crippen molar-refractivity contribution in [3.63, 3.8) is 0 Å². The van der Waals surface area contributed by atoms with Crippen molar-refractivity contribution in [2.45, 2.75) is 45.6 Å². The second kappa shape index (κ2) is 10.1. The van der Waals surface area contributed by atoms with E-state index in [2.05, 4.69) is 17.2 Å². The highest BCUT2D eigenvalue weighted by atomic mass is 32.2. The van der Waals surface area contributed by atoms with Crippen LogP contribution < -0.4 is 5.32 Å². The van der Waals surface area contributed by atoms with Gasteiger partial charge in [0.2, 0.25) is 11.8 Å². The van der Waals surface area contributed by atoms with Crippen molar-refractivity contribution in [2.24, 2.45) is 0 Å². The minimum atomic E-state index is -0.114. The summed E-state index contributed by atoms with van der Waals surface area (Å²) in [7, 11) is 0. The van der Waals surface area contributed by atoms with Crippen LogP contribution >= 0.6 is 23.1 Å². The molecular weight excluding hydrogens is 390 g/mol. The molecule has 2 aromatic rings. The van der Waals surface area contributed by atoms with Gasteiger partial charge >= 0.3 is 0 Å². The smallest absolute Gasteiger partial charge is 0.236 e. The number of amides is 2. The molecular formula is C21H27N3O2S2. The molecule has 7 heteroatoms. The lowest BCUT2D eigenvalue weighted by Crippen LogP contribution is -2.44. The molecule has 1 aromatic carbocycles. The molecule has 1 fully saturated rings. The highest BCUT2D eigenvalue weighted by Gasteiger charge is 2.25. The molecule has 28 heavy (non-hydrogen) atoms. The van der Waals surface area contributed by atoms with Gasteiger partial charge in [0.25, 0.3) is 0 Å². The summed E-state index contributed by atoms with van der Waals surface area (Å²) < 4.78 is 0. The third-order valence-electron chi connectivity index (χ3n) is 4.97. The van der Waals surface area contributed by atoms with Gasteiger partial charge in [-0.1, -0.05) is 37.3 Å². The lowest BCUT2D eigenvalue weighted by atomic mass is 10.0. The minimum absolute atomic E-state index is 0.114. The number of piperidine rings is 1. The van der Waals surface area contributed by atoms with Crippen molar-refractivity contribution in [1.29, 1.82) is 0 Å². The molecule has 1 aliphatic rings. The topological polar surface area (TPSA) is 62.3 Å². The van der Waals surface area contributed by atoms with Crippen LogP contribution in [0.5, 0.6) is 0 Å². The monoisotopic (exact) mass is 417 g/mol. The first-order chi connectivity index (χ1) is 13.6. The molecule has 0 saturated carbocycles. The van der Waals surface area contributed by atoms with E-state index in [0.717, 1.165) is 41.9 Å². The number of hydrogen-bond acceptors (Lipinski definition) is 5. The molecule has 5 nitrogen and oxygen atoms in total. The molecule has 0 aliphatic carbocycles. The molecule has 1 N–H and O–H groups in total. The fourth-order valence-electron chi connectivity index (χ4n) is 3.54. The van der Waals surface area contributed by atoms with Gasteiger partial charge in [-0.05, 0) is 32.6 Å². The third kappa shape index (κ3) is 5.35. The Morgan fingerprint density at radius 2 is 2.04 bits per heavy atom. The number of benzene rings is 1. The van der Waals surface area contributed by atoms with Crippen LogP contribution in [0.2, 0.25) is 0 Å². The van der Waals surface area contributed by atoms with E-state index in [9.17, 15) is 9.59 Å². The zero-order valence-corrected chi connectivity index (χ0v) is 18.1. The molecule has 0 spiro atoms. The Morgan fingerprint density at radius 3 is 2.79 bits per heavy atom. The Bertz CT molecular complexity index is 807. The van der Waals surface area contributed by atoms with E-state index in [-0.39, 0.29) is 17.6 Å². The Morgan fingerprint density at radius 1 is 1.25 bits per heavy atom. The number of nitrogens with one attached hydrogen (secondary N) is 1. The Balaban J connectivity index is 1.48. The first-order valence-corrected chi connectivity index (χ1v) is 11.8. The fraction of sp³-hybridized carbons (Fsp3) is 0.476. The van der Waals surface area contributed by atoms with Gasteiger partial charge in [0.05, 0.1) is 17.2 Å². The number of carbonyl (C=O) groups is 2. The lowest BCUT2D eigenvalue weighted by Gasteiger charge is -2.35. The van der Waals surface area contributed by atoms with E-state index < -0.39 is 0 Å². The SMILES string of the molecule is CC[C@H]1CCCCN1C(=O)CSCC(=O)Nc1nc(-c2ccccc2)c(C)s1. The van der Waals surface area contributed by atoms with Crippen molar-refractivity contribution in [1.82, 2.24) is 9.88 Å². The quantitative estimate of drug-likeness (QED) is 0.716. The Hall–Kier alpha value is -1.86. The normalized spacial score (nSPS) is 16.8. The Labute approximate surface area is 174 Å². The standard InChI is InChI=1S/C21H27N3O2S2/c1-3-17-11-7-8-12-24(17)19(26)14-27-13-18(25)22-21-23-20(15(2)28-21)16-9-5-4-6-10-16/h4-6,9-10,17H,3,7-8,11-14H2,1-2H3,(H,22,23,25)/t17-/m0/s1. The largest absolute Gasteiger partial charge is 0.339 e. The number of aromatic nitrogens is 1. The number of hydrogen-bond donors (Lipinski definition) is 1. The number of anilines is 1. The summed E-state index contributed by atoms with van der Waals surface area (Å²) in [6.07, 6.45) is 4.39. The van der Waals surface area contributed by atoms with E-state index in [1.807, 2.05) is 42.2 Å². The number of rotatable bonds is 7. The van der Waals surface area contributed by atoms with E-state index in [1.165, 1.54) is 29.5 Å². The maximum absolute atomic E-state index is 12.5. The molecule has 150 valence electrons. The summed E-state index contributed by atoms with van der Waals surface area (Å²) in [5, 5.41) is 3.48. The molecule has 0 radical (unpaired) electrons. The number of carbonyl (C=O) groups excluding carboxylic acids is 2. The molecule has 2 heterocycles. The Kier molecular flexibility index (Phi) is 7.50. The zero-order valence-electron chi connectivity index (χ0n) is 16.4. The highest BCUT2D eigenvalue weighted by Crippen LogP contribution is 2.30. The van der Waals surface area contributed by atoms with Crippen LogP contribution in [0, 0.1) is 6.92 Å². The molecule has 0 unspecified atom stereocenters. The minimum Gasteiger partial charge on any atom is -0.339 e. The summed E-state index contributed by atoms with van der Waals surface area (Å²) in [6.45, 7) is 4.99. The van der Waals surface area contributed by atoms with Gasteiger partial charge in [0, 0.05) is 23.0 Å². The van der Waals surface area contributed by atoms with Gasteiger partial charge in [0.15, 0.2) is 5.13 Å². The predicted octanol–water partition coefficient (Wildman–Crippen LogP) is 4.58. The van der Waals surface area contributed by atoms with Crippen LogP contribution in [0.15, 0.2) is 30.3 Å². The summed E-state index contributed by atoms with van der Waals surface area (Å²) in [4.78, 5) is 32.4. The molecule has 1 atom stereocenters. The van der Waals surface area contributed by atoms with E-state index in [1.54, 1.807) is 0 Å². The maximum Gasteiger partial charge on any atom is 0.236 e. The van der Waals surface area contributed by atoms with E-state index >= 15 is 0 Å². The molecule has 0 bridgehead atoms. The maximum atomic E-state index is 12.5. The van der Waals surface area contributed by atoms with Crippen LogP contribution in [-0.4, -0.2) is 45.8 Å². The molecule has 1 aliphatic heterocycles. The van der Waals surface area contributed by atoms with Gasteiger partial charge < -0.3 is 10.2 Å². The second-order valence-corrected chi connectivity index (χ2v) is 9.16. The van der Waals surface area contributed by atoms with Crippen molar-refractivity contribution in [2.75, 3.05) is 23.4 Å². The first-order valence-electron chi connectivity index (χ1n) is 9.78. The summed E-state index contributed by atoms with van der Waals surface area (Å²) in [6, 6.07) is 10.3. The summed E-state index contributed by atoms with van der Waals surface area (Å²) in [5.41, 5.74) is 1.95. The highest BCUT2D eigenvalue weighted by molar-refractivity contribution is 8.00. The van der Waals surface area contributed by atoms with Crippen molar-refractivity contribution in [3.8, 4) is 11.3 Å². The van der Waals surface area contributed by atoms with E-state index in [4.69, 9.17) is 0 Å². The zero-order chi connectivity index (χ0) is 19.9. The average Bonchev–Trinajstić information content (AvgIpc) is 3.08. The van der Waals surface area contributed by atoms with Gasteiger partial charge in [-0.2, -0.15) is 0 Å². The molecule has 1 saturated heterocycles. The van der Waals surface area contributed by atoms with Crippen LogP contribution in [0.1, 0.15) is 37.5 Å². The second-order valence-electron chi connectivity index (χ2n) is 6.98. The van der Waals surface area contributed by atoms with Gasteiger partial charge in [-0.15, -0.1) is 23.1 Å². The molecule has 3 rings (SSSR count). The summed E-state index contributed by atoms with van der Waals surface area (Å²) in [5.74, 6) is 0.656. The summed E-state index contributed by atoms with van der Waals surface area (Å²) >= 11 is 2.85. The lowest BCUT2D eigenvalue weighted by molar-refractivity contribution is -0.132. The van der Waals surface area contributed by atoms with Crippen LogP contribution in [0.4, 0.5) is 5.13 Å². The molecule has 2 amide bonds. The number of aryl methyl sites for hydroxylation is 1. The van der Waals surface area contributed by atoms with Crippen LogP contribution in [-0.2, 0) is 9.59 Å². The number of nitrogens with zero attached hydrogens (tertiary/aromatic N) is 2. The van der Waals surface area contributed by atoms with Crippen molar-refractivity contribution < 1.29 is 9.59 Å². The van der Waals surface area contributed by atoms with Crippen molar-refractivity contribution >= 4 is 40.0 Å². The third-order valence-corrected chi connectivity index (χ3v) is 6.77. The van der Waals surface area contributed by atoms with E-state index in [0.29, 0.717) is 16.9 Å².